The quantitative estimate of drug-likeness (QED) is 0.271. The number of esters is 1. The first-order chi connectivity index (χ1) is 14.3. The number of nitrogens with one attached hydrogen (secondary N) is 1. The lowest BCUT2D eigenvalue weighted by atomic mass is 10.0. The monoisotopic (exact) mass is 460 g/mol. The smallest absolute Gasteiger partial charge is 0.434 e. The van der Waals surface area contributed by atoms with Crippen LogP contribution in [0.2, 0.25) is 0 Å². The Bertz CT molecular complexity index is 711. The number of likely N-dealkylation sites (tertiary alicyclic amines) is 2. The molecule has 0 radical (unpaired) electrons. The predicted molar refractivity (Wildman–Crippen MR) is 94.0 cm³/mol. The zero-order valence-corrected chi connectivity index (χ0v) is 16.4. The van der Waals surface area contributed by atoms with Gasteiger partial charge in [0.15, 0.2) is 0 Å². The van der Waals surface area contributed by atoms with E-state index in [4.69, 9.17) is 15.9 Å². The number of carbonyl (C=O) groups is 2. The molecular weight excluding hydrogens is 438 g/mol. The minimum Gasteiger partial charge on any atom is -0.461 e. The second-order valence-electron chi connectivity index (χ2n) is 7.27. The molecule has 2 fully saturated rings. The van der Waals surface area contributed by atoms with Gasteiger partial charge < -0.3 is 25.5 Å². The largest absolute Gasteiger partial charge is 0.461 e. The number of hydrogen-bond acceptors (Lipinski definition) is 7. The van der Waals surface area contributed by atoms with Crippen LogP contribution in [0.25, 0.3) is 0 Å². The Kier molecular flexibility index (Phi) is 7.44. The number of hydrogen-bond donors (Lipinski definition) is 2. The molecule has 1 amide bonds. The molecule has 31 heavy (non-hydrogen) atoms. The van der Waals surface area contributed by atoms with E-state index in [-0.39, 0.29) is 49.3 Å². The van der Waals surface area contributed by atoms with E-state index in [1.54, 1.807) is 6.92 Å². The molecule has 8 nitrogen and oxygen atoms in total. The topological polar surface area (TPSA) is 109 Å². The summed E-state index contributed by atoms with van der Waals surface area (Å²) in [5.74, 6) is -1.18. The van der Waals surface area contributed by atoms with Crippen LogP contribution in [0.4, 0.5) is 31.1 Å². The molecule has 0 aromatic heterocycles. The third-order valence-corrected chi connectivity index (χ3v) is 5.04. The minimum absolute atomic E-state index is 0.0700. The summed E-state index contributed by atoms with van der Waals surface area (Å²) in [6.07, 6.45) is -16.5. The van der Waals surface area contributed by atoms with E-state index in [1.165, 1.54) is 0 Å². The van der Waals surface area contributed by atoms with Crippen LogP contribution in [0, 0.1) is 17.2 Å². The zero-order valence-electron chi connectivity index (χ0n) is 16.4. The lowest BCUT2D eigenvalue weighted by Crippen LogP contribution is -2.48. The first-order valence-electron chi connectivity index (χ1n) is 9.25. The van der Waals surface area contributed by atoms with Gasteiger partial charge in [0.05, 0.1) is 6.61 Å². The number of ether oxygens (including phenoxy) is 2. The van der Waals surface area contributed by atoms with Gasteiger partial charge in [-0.05, 0) is 18.8 Å². The molecular formula is C17H22F6N4O4. The van der Waals surface area contributed by atoms with Crippen LogP contribution in [0.1, 0.15) is 6.92 Å². The van der Waals surface area contributed by atoms with Crippen molar-refractivity contribution in [2.24, 2.45) is 17.6 Å². The molecule has 0 saturated carbocycles. The summed E-state index contributed by atoms with van der Waals surface area (Å²) in [4.78, 5) is 26.3. The summed E-state index contributed by atoms with van der Waals surface area (Å²) < 4.78 is 84.0. The van der Waals surface area contributed by atoms with Crippen molar-refractivity contribution >= 4 is 18.3 Å². The molecule has 2 unspecified atom stereocenters. The van der Waals surface area contributed by atoms with Crippen LogP contribution in [0.15, 0.2) is 11.3 Å². The fourth-order valence-electron chi connectivity index (χ4n) is 3.65. The van der Waals surface area contributed by atoms with E-state index in [0.29, 0.717) is 13.1 Å². The summed E-state index contributed by atoms with van der Waals surface area (Å²) >= 11 is 0. The number of rotatable bonds is 6. The third-order valence-electron chi connectivity index (χ3n) is 5.04. The summed E-state index contributed by atoms with van der Waals surface area (Å²) in [7, 11) is 0. The van der Waals surface area contributed by atoms with Crippen LogP contribution < -0.4 is 5.73 Å². The van der Waals surface area contributed by atoms with Gasteiger partial charge in [-0.3, -0.25) is 4.90 Å². The Morgan fingerprint density at radius 1 is 1.10 bits per heavy atom. The molecule has 0 aliphatic carbocycles. The number of nitrogens with zero attached hydrogens (tertiary/aromatic N) is 2. The lowest BCUT2D eigenvalue weighted by molar-refractivity contribution is -0.308. The van der Waals surface area contributed by atoms with Crippen LogP contribution in [0.5, 0.6) is 0 Å². The fraction of sp³-hybridized carbons (Fsp3) is 0.706. The van der Waals surface area contributed by atoms with Crippen molar-refractivity contribution < 1.29 is 45.4 Å². The maximum atomic E-state index is 12.6. The SMILES string of the molecule is CCOC(=O)/C(N)=C(/C=N)CN1CC2CN(C(=O)OC(C(F)(F)F)C(F)(F)F)CC2C1. The van der Waals surface area contributed by atoms with Gasteiger partial charge in [-0.1, -0.05) is 0 Å². The summed E-state index contributed by atoms with van der Waals surface area (Å²) in [6.45, 7) is 2.40. The predicted octanol–water partition coefficient (Wildman–Crippen LogP) is 1.91. The highest BCUT2D eigenvalue weighted by molar-refractivity contribution is 5.95. The van der Waals surface area contributed by atoms with E-state index < -0.39 is 30.5 Å². The third kappa shape index (κ3) is 6.02. The van der Waals surface area contributed by atoms with Crippen molar-refractivity contribution in [2.75, 3.05) is 39.3 Å². The lowest BCUT2D eigenvalue weighted by Gasteiger charge is -2.26. The first kappa shape index (κ1) is 24.8. The van der Waals surface area contributed by atoms with Crippen molar-refractivity contribution in [3.63, 3.8) is 0 Å². The fourth-order valence-corrected chi connectivity index (χ4v) is 3.65. The van der Waals surface area contributed by atoms with Gasteiger partial charge in [-0.15, -0.1) is 0 Å². The van der Waals surface area contributed by atoms with Crippen LogP contribution >= 0.6 is 0 Å². The Labute approximate surface area is 173 Å². The van der Waals surface area contributed by atoms with Gasteiger partial charge >= 0.3 is 24.4 Å². The van der Waals surface area contributed by atoms with Crippen LogP contribution in [-0.4, -0.2) is 85.9 Å². The highest BCUT2D eigenvalue weighted by Crippen LogP contribution is 2.37. The van der Waals surface area contributed by atoms with Crippen molar-refractivity contribution in [2.45, 2.75) is 25.4 Å². The van der Waals surface area contributed by atoms with Crippen LogP contribution in [-0.2, 0) is 14.3 Å². The molecule has 176 valence electrons. The van der Waals surface area contributed by atoms with E-state index in [9.17, 15) is 35.9 Å². The first-order valence-corrected chi connectivity index (χ1v) is 9.25. The molecule has 2 saturated heterocycles. The Morgan fingerprint density at radius 2 is 1.61 bits per heavy atom. The number of alkyl halides is 6. The average molecular weight is 460 g/mol. The van der Waals surface area contributed by atoms with Gasteiger partial charge in [0.2, 0.25) is 0 Å². The molecule has 14 heteroatoms. The molecule has 2 rings (SSSR count). The Morgan fingerprint density at radius 3 is 2.03 bits per heavy atom. The molecule has 3 N–H and O–H groups in total. The molecule has 0 bridgehead atoms. The molecule has 2 heterocycles. The second kappa shape index (κ2) is 9.32. The van der Waals surface area contributed by atoms with Gasteiger partial charge in [0, 0.05) is 44.5 Å². The maximum absolute atomic E-state index is 12.6. The molecule has 0 spiro atoms. The molecule has 2 aliphatic heterocycles. The van der Waals surface area contributed by atoms with Gasteiger partial charge in [-0.25, -0.2) is 9.59 Å². The normalized spacial score (nSPS) is 22.9. The number of amides is 1. The molecule has 0 aromatic carbocycles. The number of nitrogens with two attached hydrogens (primary N) is 1. The average Bonchev–Trinajstić information content (AvgIpc) is 3.20. The Balaban J connectivity index is 1.96. The highest BCUT2D eigenvalue weighted by atomic mass is 19.4. The number of carbonyl (C=O) groups excluding carboxylic acids is 2. The minimum atomic E-state index is -5.77. The molecule has 2 atom stereocenters. The van der Waals surface area contributed by atoms with Gasteiger partial charge in [0.1, 0.15) is 5.70 Å². The summed E-state index contributed by atoms with van der Waals surface area (Å²) in [6, 6.07) is 0. The molecule has 0 aromatic rings. The summed E-state index contributed by atoms with van der Waals surface area (Å²) in [5.41, 5.74) is 5.70. The second-order valence-corrected chi connectivity index (χ2v) is 7.27. The van der Waals surface area contributed by atoms with Crippen LogP contribution in [0.3, 0.4) is 0 Å². The van der Waals surface area contributed by atoms with Crippen molar-refractivity contribution in [3.05, 3.63) is 11.3 Å². The van der Waals surface area contributed by atoms with E-state index in [0.717, 1.165) is 11.1 Å². The number of halogens is 6. The van der Waals surface area contributed by atoms with E-state index in [1.807, 2.05) is 4.90 Å². The maximum Gasteiger partial charge on any atom is 0.434 e. The van der Waals surface area contributed by atoms with E-state index >= 15 is 0 Å². The van der Waals surface area contributed by atoms with Crippen molar-refractivity contribution in [3.8, 4) is 0 Å². The summed E-state index contributed by atoms with van der Waals surface area (Å²) in [5, 5.41) is 7.44. The Hall–Kier alpha value is -2.51. The van der Waals surface area contributed by atoms with Gasteiger partial charge in [0.25, 0.3) is 6.10 Å². The van der Waals surface area contributed by atoms with E-state index in [2.05, 4.69) is 4.74 Å². The van der Waals surface area contributed by atoms with Crippen molar-refractivity contribution in [1.82, 2.24) is 9.80 Å². The van der Waals surface area contributed by atoms with Crippen molar-refractivity contribution in [1.29, 1.82) is 5.41 Å². The zero-order chi connectivity index (χ0) is 23.6. The molecule has 2 aliphatic rings. The van der Waals surface area contributed by atoms with Gasteiger partial charge in [-0.2, -0.15) is 26.3 Å². The highest BCUT2D eigenvalue weighted by Gasteiger charge is 2.60. The standard InChI is InChI=1S/C17H22F6N4O4/c1-2-30-13(28)12(25)9(3-24)4-26-5-10-7-27(8-11(10)6-26)15(29)31-14(16(18,19)20)17(21,22)23/h3,10-11,14,24H,2,4-8,25H2,1H3/b12-9+,24-3?. The number of fused-ring (bicyclic) bond motifs is 1.